The fourth-order valence-corrected chi connectivity index (χ4v) is 4.65. The van der Waals surface area contributed by atoms with E-state index in [0.29, 0.717) is 43.5 Å². The van der Waals surface area contributed by atoms with Crippen molar-refractivity contribution in [1.82, 2.24) is 24.2 Å². The lowest BCUT2D eigenvalue weighted by Gasteiger charge is -2.25. The first-order valence-electron chi connectivity index (χ1n) is 9.94. The highest BCUT2D eigenvalue weighted by Gasteiger charge is 2.44. The normalized spacial score (nSPS) is 23.4. The molecule has 8 heteroatoms. The number of carbonyl (C=O) groups is 1. The Morgan fingerprint density at radius 1 is 1.14 bits per heavy atom. The van der Waals surface area contributed by atoms with Gasteiger partial charge in [0, 0.05) is 50.4 Å². The van der Waals surface area contributed by atoms with Crippen LogP contribution in [0.3, 0.4) is 0 Å². The standard InChI is InChI=1S/C20H23N5O3/c1-12-5-14(7-21-6-12)18(26)23-9-15-10-24-17(16(15)11-23)22-25(20(28)19(24)27)8-13-3-2-4-13/h5-7,13,15-16H,2-4,8-11H2,1H3/t15-,16+/m0/s1. The molecule has 2 aromatic rings. The van der Waals surface area contributed by atoms with E-state index in [-0.39, 0.29) is 17.7 Å². The summed E-state index contributed by atoms with van der Waals surface area (Å²) in [7, 11) is 0. The van der Waals surface area contributed by atoms with Crippen LogP contribution in [0.1, 0.15) is 46.9 Å². The highest BCUT2D eigenvalue weighted by atomic mass is 16.2. The van der Waals surface area contributed by atoms with Crippen molar-refractivity contribution in [2.24, 2.45) is 11.8 Å². The van der Waals surface area contributed by atoms with Gasteiger partial charge in [-0.1, -0.05) is 6.42 Å². The van der Waals surface area contributed by atoms with Gasteiger partial charge in [0.2, 0.25) is 0 Å². The summed E-state index contributed by atoms with van der Waals surface area (Å²) in [6.45, 7) is 3.98. The molecule has 2 fully saturated rings. The van der Waals surface area contributed by atoms with Crippen LogP contribution in [0, 0.1) is 18.8 Å². The molecule has 1 saturated heterocycles. The number of carbonyl (C=O) groups excluding carboxylic acids is 1. The quantitative estimate of drug-likeness (QED) is 0.733. The average Bonchev–Trinajstić information content (AvgIpc) is 3.20. The smallest absolute Gasteiger partial charge is 0.332 e. The number of amides is 1. The number of hydrogen-bond donors (Lipinski definition) is 0. The van der Waals surface area contributed by atoms with Gasteiger partial charge in [0.05, 0.1) is 5.56 Å². The molecule has 5 rings (SSSR count). The molecule has 1 saturated carbocycles. The van der Waals surface area contributed by atoms with Gasteiger partial charge >= 0.3 is 11.1 Å². The van der Waals surface area contributed by atoms with Gasteiger partial charge in [-0.2, -0.15) is 5.10 Å². The molecule has 3 aliphatic rings. The van der Waals surface area contributed by atoms with Gasteiger partial charge in [0.25, 0.3) is 5.91 Å². The number of fused-ring (bicyclic) bond motifs is 3. The molecule has 2 aromatic heterocycles. The highest BCUT2D eigenvalue weighted by molar-refractivity contribution is 5.94. The SMILES string of the molecule is Cc1cncc(C(=O)N2C[C@H]3Cn4c(nn(CC5CCC5)c(=O)c4=O)[C@@H]3C2)c1. The first kappa shape index (κ1) is 17.3. The molecule has 2 aliphatic heterocycles. The number of hydrogen-bond acceptors (Lipinski definition) is 5. The molecule has 4 heterocycles. The summed E-state index contributed by atoms with van der Waals surface area (Å²) in [5.41, 5.74) is 0.540. The maximum absolute atomic E-state index is 12.9. The zero-order valence-electron chi connectivity index (χ0n) is 15.9. The van der Waals surface area contributed by atoms with Crippen molar-refractivity contribution in [3.63, 3.8) is 0 Å². The van der Waals surface area contributed by atoms with Crippen LogP contribution in [0.5, 0.6) is 0 Å². The number of likely N-dealkylation sites (tertiary alicyclic amines) is 1. The second kappa shape index (κ2) is 6.39. The molecule has 0 unspecified atom stereocenters. The zero-order valence-corrected chi connectivity index (χ0v) is 15.9. The van der Waals surface area contributed by atoms with Crippen LogP contribution >= 0.6 is 0 Å². The summed E-state index contributed by atoms with van der Waals surface area (Å²) in [5.74, 6) is 1.19. The largest absolute Gasteiger partial charge is 0.337 e. The monoisotopic (exact) mass is 381 g/mol. The molecular formula is C20H23N5O3. The van der Waals surface area contributed by atoms with Crippen molar-refractivity contribution < 1.29 is 4.79 Å². The zero-order chi connectivity index (χ0) is 19.4. The Labute approximate surface area is 161 Å². The van der Waals surface area contributed by atoms with Gasteiger partial charge in [-0.25, -0.2) is 4.68 Å². The van der Waals surface area contributed by atoms with Gasteiger partial charge in [0.15, 0.2) is 0 Å². The van der Waals surface area contributed by atoms with Crippen LogP contribution < -0.4 is 11.1 Å². The van der Waals surface area contributed by atoms with Crippen molar-refractivity contribution >= 4 is 5.91 Å². The van der Waals surface area contributed by atoms with E-state index in [1.807, 2.05) is 17.9 Å². The van der Waals surface area contributed by atoms with E-state index in [1.54, 1.807) is 12.4 Å². The molecule has 0 aromatic carbocycles. The van der Waals surface area contributed by atoms with Crippen LogP contribution in [-0.2, 0) is 13.1 Å². The van der Waals surface area contributed by atoms with Crippen molar-refractivity contribution in [1.29, 1.82) is 0 Å². The lowest BCUT2D eigenvalue weighted by Crippen LogP contribution is -2.45. The Bertz CT molecular complexity index is 1070. The minimum Gasteiger partial charge on any atom is -0.337 e. The van der Waals surface area contributed by atoms with Gasteiger partial charge in [-0.15, -0.1) is 0 Å². The van der Waals surface area contributed by atoms with Gasteiger partial charge < -0.3 is 4.90 Å². The third-order valence-corrected chi connectivity index (χ3v) is 6.42. The molecule has 1 aliphatic carbocycles. The summed E-state index contributed by atoms with van der Waals surface area (Å²) in [4.78, 5) is 43.8. The minimum absolute atomic E-state index is 0.00246. The van der Waals surface area contributed by atoms with E-state index in [0.717, 1.165) is 18.4 Å². The first-order chi connectivity index (χ1) is 13.5. The molecule has 0 N–H and O–H groups in total. The number of nitrogens with zero attached hydrogens (tertiary/aromatic N) is 5. The molecule has 8 nitrogen and oxygen atoms in total. The number of rotatable bonds is 3. The van der Waals surface area contributed by atoms with Crippen molar-refractivity contribution in [3.8, 4) is 0 Å². The molecule has 146 valence electrons. The Morgan fingerprint density at radius 2 is 1.96 bits per heavy atom. The van der Waals surface area contributed by atoms with E-state index in [9.17, 15) is 14.4 Å². The second-order valence-corrected chi connectivity index (χ2v) is 8.39. The van der Waals surface area contributed by atoms with Crippen LogP contribution in [0.25, 0.3) is 0 Å². The fraction of sp³-hybridized carbons (Fsp3) is 0.550. The van der Waals surface area contributed by atoms with Gasteiger partial charge in [-0.05, 0) is 37.3 Å². The Morgan fingerprint density at radius 3 is 2.68 bits per heavy atom. The van der Waals surface area contributed by atoms with Crippen molar-refractivity contribution in [3.05, 3.63) is 56.1 Å². The third-order valence-electron chi connectivity index (χ3n) is 6.42. The maximum atomic E-state index is 12.9. The Kier molecular flexibility index (Phi) is 3.96. The van der Waals surface area contributed by atoms with Crippen LogP contribution in [0.4, 0.5) is 0 Å². The molecule has 0 spiro atoms. The molecule has 2 atom stereocenters. The summed E-state index contributed by atoms with van der Waals surface area (Å²) in [5, 5.41) is 4.58. The van der Waals surface area contributed by atoms with Crippen molar-refractivity contribution in [2.45, 2.75) is 45.2 Å². The molecule has 28 heavy (non-hydrogen) atoms. The van der Waals surface area contributed by atoms with E-state index in [2.05, 4.69) is 10.1 Å². The molecule has 0 radical (unpaired) electrons. The van der Waals surface area contributed by atoms with Gasteiger partial charge in [-0.3, -0.25) is 23.9 Å². The molecule has 0 bridgehead atoms. The number of aryl methyl sites for hydroxylation is 1. The van der Waals surface area contributed by atoms with E-state index < -0.39 is 11.1 Å². The van der Waals surface area contributed by atoms with E-state index >= 15 is 0 Å². The fourth-order valence-electron chi connectivity index (χ4n) is 4.65. The van der Waals surface area contributed by atoms with E-state index in [4.69, 9.17) is 0 Å². The predicted octanol–water partition coefficient (Wildman–Crippen LogP) is 0.778. The summed E-state index contributed by atoms with van der Waals surface area (Å²) < 4.78 is 2.90. The van der Waals surface area contributed by atoms with Crippen LogP contribution in [-0.4, -0.2) is 43.2 Å². The minimum atomic E-state index is -0.519. The average molecular weight is 381 g/mol. The molecular weight excluding hydrogens is 358 g/mol. The van der Waals surface area contributed by atoms with E-state index in [1.165, 1.54) is 15.7 Å². The van der Waals surface area contributed by atoms with Gasteiger partial charge in [0.1, 0.15) is 5.82 Å². The Balaban J connectivity index is 1.42. The summed E-state index contributed by atoms with van der Waals surface area (Å²) in [6.07, 6.45) is 6.68. The lowest BCUT2D eigenvalue weighted by atomic mass is 9.85. The highest BCUT2D eigenvalue weighted by Crippen LogP contribution is 2.37. The lowest BCUT2D eigenvalue weighted by molar-refractivity contribution is 0.0782. The summed E-state index contributed by atoms with van der Waals surface area (Å²) in [6, 6.07) is 1.84. The second-order valence-electron chi connectivity index (χ2n) is 8.39. The third kappa shape index (κ3) is 2.70. The topological polar surface area (TPSA) is 90.1 Å². The maximum Gasteiger partial charge on any atom is 0.332 e. The van der Waals surface area contributed by atoms with Crippen molar-refractivity contribution in [2.75, 3.05) is 13.1 Å². The summed E-state index contributed by atoms with van der Waals surface area (Å²) >= 11 is 0. The van der Waals surface area contributed by atoms with Crippen LogP contribution in [0.2, 0.25) is 0 Å². The Hall–Kier alpha value is -2.77. The first-order valence-corrected chi connectivity index (χ1v) is 9.94. The molecule has 1 amide bonds. The van der Waals surface area contributed by atoms with Crippen LogP contribution in [0.15, 0.2) is 28.0 Å². The number of aromatic nitrogens is 4. The predicted molar refractivity (Wildman–Crippen MR) is 101 cm³/mol. The number of pyridine rings is 1.